The molecule has 0 radical (unpaired) electrons. The molecule has 0 aliphatic heterocycles. The van der Waals surface area contributed by atoms with E-state index in [9.17, 15) is 14.0 Å². The minimum absolute atomic E-state index is 0.174. The predicted octanol–water partition coefficient (Wildman–Crippen LogP) is 2.23. The van der Waals surface area contributed by atoms with Crippen molar-refractivity contribution in [1.82, 2.24) is 0 Å². The quantitative estimate of drug-likeness (QED) is 0.639. The van der Waals surface area contributed by atoms with E-state index in [2.05, 4.69) is 0 Å². The van der Waals surface area contributed by atoms with Crippen LogP contribution >= 0.6 is 0 Å². The van der Waals surface area contributed by atoms with Crippen LogP contribution in [0.3, 0.4) is 0 Å². The first-order valence-electron chi connectivity index (χ1n) is 4.53. The molecule has 3 heteroatoms. The van der Waals surface area contributed by atoms with E-state index in [1.165, 1.54) is 12.1 Å². The summed E-state index contributed by atoms with van der Waals surface area (Å²) in [6.45, 7) is 1.78. The highest BCUT2D eigenvalue weighted by atomic mass is 19.1. The van der Waals surface area contributed by atoms with Crippen molar-refractivity contribution in [1.29, 1.82) is 0 Å². The molecule has 72 valence electrons. The first kappa shape index (κ1) is 9.06. The lowest BCUT2D eigenvalue weighted by Gasteiger charge is -1.99. The number of hydrogen-bond donors (Lipinski definition) is 0. The van der Waals surface area contributed by atoms with Crippen molar-refractivity contribution in [3.63, 3.8) is 0 Å². The fraction of sp³-hybridized carbons (Fsp3) is 0.273. The van der Waals surface area contributed by atoms with Gasteiger partial charge in [-0.3, -0.25) is 9.59 Å². The molecule has 1 aliphatic carbocycles. The topological polar surface area (TPSA) is 34.1 Å². The Hall–Kier alpha value is -1.51. The first-order valence-corrected chi connectivity index (χ1v) is 4.53. The van der Waals surface area contributed by atoms with Crippen LogP contribution in [0.25, 0.3) is 0 Å². The molecule has 0 N–H and O–H groups in total. The lowest BCUT2D eigenvalue weighted by atomic mass is 10.0. The number of hydrogen-bond acceptors (Lipinski definition) is 2. The lowest BCUT2D eigenvalue weighted by Crippen LogP contribution is -2.13. The average molecular weight is 192 g/mol. The summed E-state index contributed by atoms with van der Waals surface area (Å²) in [7, 11) is 0. The number of rotatable bonds is 1. The van der Waals surface area contributed by atoms with Gasteiger partial charge in [0.2, 0.25) is 0 Å². The summed E-state index contributed by atoms with van der Waals surface area (Å²) in [5.74, 6) is -1.48. The Bertz CT molecular complexity index is 423. The second-order valence-corrected chi connectivity index (χ2v) is 3.38. The standard InChI is InChI=1S/C11H9FO2/c1-2-7-10(13)8-4-3-6(12)5-9(8)11(7)14/h3-5,7H,2H2,1H3. The summed E-state index contributed by atoms with van der Waals surface area (Å²) in [6.07, 6.45) is 0.480. The van der Waals surface area contributed by atoms with E-state index < -0.39 is 11.7 Å². The summed E-state index contributed by atoms with van der Waals surface area (Å²) in [4.78, 5) is 23.2. The van der Waals surface area contributed by atoms with Crippen molar-refractivity contribution >= 4 is 11.6 Å². The van der Waals surface area contributed by atoms with Gasteiger partial charge in [0.05, 0.1) is 5.92 Å². The summed E-state index contributed by atoms with van der Waals surface area (Å²) >= 11 is 0. The molecule has 0 heterocycles. The minimum Gasteiger partial charge on any atom is -0.293 e. The smallest absolute Gasteiger partial charge is 0.174 e. The molecule has 0 bridgehead atoms. The number of Topliss-reactive ketones (excluding diaryl/α,β-unsaturated/α-hetero) is 2. The molecule has 2 nitrogen and oxygen atoms in total. The third-order valence-corrected chi connectivity index (χ3v) is 2.55. The van der Waals surface area contributed by atoms with Crippen molar-refractivity contribution in [3.05, 3.63) is 35.1 Å². The maximum Gasteiger partial charge on any atom is 0.174 e. The van der Waals surface area contributed by atoms with Gasteiger partial charge in [-0.2, -0.15) is 0 Å². The van der Waals surface area contributed by atoms with Crippen LogP contribution in [0, 0.1) is 11.7 Å². The van der Waals surface area contributed by atoms with E-state index in [4.69, 9.17) is 0 Å². The molecular weight excluding hydrogens is 183 g/mol. The highest BCUT2D eigenvalue weighted by molar-refractivity contribution is 6.26. The van der Waals surface area contributed by atoms with Crippen LogP contribution in [0.5, 0.6) is 0 Å². The van der Waals surface area contributed by atoms with E-state index in [1.54, 1.807) is 6.92 Å². The largest absolute Gasteiger partial charge is 0.293 e. The van der Waals surface area contributed by atoms with Crippen LogP contribution in [0.1, 0.15) is 34.1 Å². The van der Waals surface area contributed by atoms with Gasteiger partial charge in [-0.25, -0.2) is 4.39 Å². The third-order valence-electron chi connectivity index (χ3n) is 2.55. The van der Waals surface area contributed by atoms with Crippen molar-refractivity contribution < 1.29 is 14.0 Å². The summed E-state index contributed by atoms with van der Waals surface area (Å²) in [6, 6.07) is 3.74. The van der Waals surface area contributed by atoms with Crippen LogP contribution in [-0.2, 0) is 0 Å². The fourth-order valence-corrected chi connectivity index (χ4v) is 1.80. The van der Waals surface area contributed by atoms with Gasteiger partial charge in [-0.1, -0.05) is 6.92 Å². The van der Waals surface area contributed by atoms with Crippen molar-refractivity contribution in [2.24, 2.45) is 5.92 Å². The van der Waals surface area contributed by atoms with Gasteiger partial charge in [0.1, 0.15) is 5.82 Å². The molecule has 0 spiro atoms. The van der Waals surface area contributed by atoms with Gasteiger partial charge in [0.25, 0.3) is 0 Å². The minimum atomic E-state index is -0.591. The summed E-state index contributed by atoms with van der Waals surface area (Å²) in [5, 5.41) is 0. The normalized spacial score (nSPS) is 20.0. The fourth-order valence-electron chi connectivity index (χ4n) is 1.80. The van der Waals surface area contributed by atoms with E-state index >= 15 is 0 Å². The molecule has 0 saturated heterocycles. The highest BCUT2D eigenvalue weighted by Gasteiger charge is 2.37. The van der Waals surface area contributed by atoms with Gasteiger partial charge in [0, 0.05) is 11.1 Å². The molecule has 1 unspecified atom stereocenters. The zero-order chi connectivity index (χ0) is 10.3. The van der Waals surface area contributed by atoms with E-state index in [1.807, 2.05) is 0 Å². The number of benzene rings is 1. The molecule has 0 saturated carbocycles. The zero-order valence-corrected chi connectivity index (χ0v) is 7.71. The first-order chi connectivity index (χ1) is 6.65. The molecule has 14 heavy (non-hydrogen) atoms. The molecule has 1 aromatic carbocycles. The van der Waals surface area contributed by atoms with Crippen LogP contribution in [-0.4, -0.2) is 11.6 Å². The third kappa shape index (κ3) is 1.09. The Morgan fingerprint density at radius 1 is 1.21 bits per heavy atom. The maximum atomic E-state index is 12.8. The van der Waals surface area contributed by atoms with Crippen LogP contribution in [0.15, 0.2) is 18.2 Å². The van der Waals surface area contributed by atoms with E-state index in [-0.39, 0.29) is 17.1 Å². The summed E-state index contributed by atoms with van der Waals surface area (Å²) < 4.78 is 12.8. The molecule has 1 aromatic rings. The second kappa shape index (κ2) is 3.01. The van der Waals surface area contributed by atoms with Crippen molar-refractivity contribution in [2.75, 3.05) is 0 Å². The van der Waals surface area contributed by atoms with Gasteiger partial charge in [-0.15, -0.1) is 0 Å². The Balaban J connectivity index is 2.58. The maximum absolute atomic E-state index is 12.8. The number of carbonyl (C=O) groups excluding carboxylic acids is 2. The molecule has 0 aromatic heterocycles. The van der Waals surface area contributed by atoms with Gasteiger partial charge in [-0.05, 0) is 24.6 Å². The van der Waals surface area contributed by atoms with Gasteiger partial charge in [0.15, 0.2) is 11.6 Å². The van der Waals surface area contributed by atoms with Crippen LogP contribution < -0.4 is 0 Å². The number of ketones is 2. The number of fused-ring (bicyclic) bond motifs is 1. The van der Waals surface area contributed by atoms with Crippen molar-refractivity contribution in [3.8, 4) is 0 Å². The summed E-state index contributed by atoms with van der Waals surface area (Å²) in [5.41, 5.74) is 0.602. The molecule has 2 rings (SSSR count). The highest BCUT2D eigenvalue weighted by Crippen LogP contribution is 2.29. The Labute approximate surface area is 80.7 Å². The van der Waals surface area contributed by atoms with Crippen molar-refractivity contribution in [2.45, 2.75) is 13.3 Å². The molecule has 0 fully saturated rings. The average Bonchev–Trinajstić information content (AvgIpc) is 2.39. The zero-order valence-electron chi connectivity index (χ0n) is 7.71. The van der Waals surface area contributed by atoms with E-state index in [0.29, 0.717) is 12.0 Å². The van der Waals surface area contributed by atoms with Crippen LogP contribution in [0.2, 0.25) is 0 Å². The predicted molar refractivity (Wildman–Crippen MR) is 48.8 cm³/mol. The molecule has 1 atom stereocenters. The van der Waals surface area contributed by atoms with Crippen LogP contribution in [0.4, 0.5) is 4.39 Å². The lowest BCUT2D eigenvalue weighted by molar-refractivity contribution is 0.0835. The number of carbonyl (C=O) groups is 2. The monoisotopic (exact) mass is 192 g/mol. The SMILES string of the molecule is CCC1C(=O)c2ccc(F)cc2C1=O. The second-order valence-electron chi connectivity index (χ2n) is 3.38. The molecule has 0 amide bonds. The van der Waals surface area contributed by atoms with Gasteiger partial charge < -0.3 is 0 Å². The number of halogens is 1. The van der Waals surface area contributed by atoms with E-state index in [0.717, 1.165) is 6.07 Å². The molecule has 1 aliphatic rings. The Morgan fingerprint density at radius 2 is 1.86 bits per heavy atom. The Morgan fingerprint density at radius 3 is 2.50 bits per heavy atom. The Kier molecular flexibility index (Phi) is 1.95. The van der Waals surface area contributed by atoms with Gasteiger partial charge >= 0.3 is 0 Å². The molecular formula is C11H9FO2.